The molecule has 0 bridgehead atoms. The molecule has 0 saturated carbocycles. The zero-order valence-corrected chi connectivity index (χ0v) is 19.5. The molecule has 0 spiro atoms. The predicted octanol–water partition coefficient (Wildman–Crippen LogP) is 3.92. The molecular weight excluding hydrogens is 459 g/mol. The Morgan fingerprint density at radius 1 is 0.972 bits per heavy atom. The summed E-state index contributed by atoms with van der Waals surface area (Å²) >= 11 is 0. The van der Waals surface area contributed by atoms with Crippen LogP contribution in [-0.4, -0.2) is 38.7 Å². The summed E-state index contributed by atoms with van der Waals surface area (Å²) < 4.78 is 15.3. The quantitative estimate of drug-likeness (QED) is 0.405. The minimum absolute atomic E-state index is 0.205. The van der Waals surface area contributed by atoms with Gasteiger partial charge in [-0.15, -0.1) is 0 Å². The topological polar surface area (TPSA) is 84.3 Å². The van der Waals surface area contributed by atoms with E-state index in [4.69, 9.17) is 0 Å². The van der Waals surface area contributed by atoms with E-state index in [-0.39, 0.29) is 35.0 Å². The Hall–Kier alpha value is -4.59. The van der Waals surface area contributed by atoms with Crippen LogP contribution in [-0.2, 0) is 13.5 Å². The second kappa shape index (κ2) is 9.58. The molecule has 1 aromatic heterocycles. The van der Waals surface area contributed by atoms with Crippen molar-refractivity contribution in [3.8, 4) is 0 Å². The average molecular weight is 483 g/mol. The van der Waals surface area contributed by atoms with Crippen molar-refractivity contribution in [2.45, 2.75) is 12.5 Å². The average Bonchev–Trinajstić information content (AvgIpc) is 3.42. The number of fused-ring (bicyclic) bond motifs is 1. The molecule has 0 saturated heterocycles. The van der Waals surface area contributed by atoms with Gasteiger partial charge in [-0.25, -0.2) is 9.37 Å². The number of aromatic nitrogens is 2. The zero-order chi connectivity index (χ0) is 25.2. The van der Waals surface area contributed by atoms with Crippen LogP contribution in [0.15, 0.2) is 85.2 Å². The third kappa shape index (κ3) is 4.40. The Bertz CT molecular complexity index is 1450. The van der Waals surface area contributed by atoms with Crippen molar-refractivity contribution in [2.75, 3.05) is 6.54 Å². The Morgan fingerprint density at radius 2 is 1.69 bits per heavy atom. The fourth-order valence-electron chi connectivity index (χ4n) is 4.34. The summed E-state index contributed by atoms with van der Waals surface area (Å²) in [5.74, 6) is -1.05. The van der Waals surface area contributed by atoms with Crippen LogP contribution >= 0.6 is 0 Å². The maximum Gasteiger partial charge on any atom is 0.261 e. The highest BCUT2D eigenvalue weighted by atomic mass is 19.1. The first-order valence-corrected chi connectivity index (χ1v) is 11.5. The lowest BCUT2D eigenvalue weighted by Crippen LogP contribution is -2.32. The van der Waals surface area contributed by atoms with Gasteiger partial charge in [0.15, 0.2) is 0 Å². The minimum Gasteiger partial charge on any atom is -0.338 e. The monoisotopic (exact) mass is 482 g/mol. The molecule has 1 N–H and O–H groups in total. The number of carbonyl (C=O) groups excluding carboxylic acids is 3. The summed E-state index contributed by atoms with van der Waals surface area (Å²) in [5.41, 5.74) is 2.40. The number of nitrogens with zero attached hydrogens (tertiary/aromatic N) is 3. The number of amides is 3. The largest absolute Gasteiger partial charge is 0.338 e. The van der Waals surface area contributed by atoms with E-state index in [1.54, 1.807) is 36.1 Å². The molecule has 0 aliphatic carbocycles. The van der Waals surface area contributed by atoms with E-state index in [1.165, 1.54) is 35.2 Å². The Kier molecular flexibility index (Phi) is 6.16. The molecule has 180 valence electrons. The highest BCUT2D eigenvalue weighted by molar-refractivity contribution is 6.22. The number of carbonyl (C=O) groups is 3. The highest BCUT2D eigenvalue weighted by Crippen LogP contribution is 2.26. The molecule has 0 radical (unpaired) electrons. The first-order chi connectivity index (χ1) is 17.4. The van der Waals surface area contributed by atoms with Gasteiger partial charge in [0.25, 0.3) is 17.7 Å². The van der Waals surface area contributed by atoms with Crippen molar-refractivity contribution in [3.05, 3.63) is 125 Å². The second-order valence-electron chi connectivity index (χ2n) is 8.61. The van der Waals surface area contributed by atoms with Crippen LogP contribution in [0.3, 0.4) is 0 Å². The molecule has 36 heavy (non-hydrogen) atoms. The third-order valence-corrected chi connectivity index (χ3v) is 6.30. The molecule has 4 aromatic rings. The predicted molar refractivity (Wildman–Crippen MR) is 131 cm³/mol. The van der Waals surface area contributed by atoms with Gasteiger partial charge in [0.05, 0.1) is 11.1 Å². The van der Waals surface area contributed by atoms with Gasteiger partial charge in [0, 0.05) is 31.5 Å². The van der Waals surface area contributed by atoms with E-state index >= 15 is 0 Å². The molecule has 3 aromatic carbocycles. The van der Waals surface area contributed by atoms with E-state index in [0.717, 1.165) is 5.56 Å². The smallest absolute Gasteiger partial charge is 0.261 e. The molecule has 0 fully saturated rings. The van der Waals surface area contributed by atoms with E-state index in [9.17, 15) is 18.8 Å². The molecule has 5 rings (SSSR count). The van der Waals surface area contributed by atoms with Crippen molar-refractivity contribution < 1.29 is 18.8 Å². The van der Waals surface area contributed by atoms with Gasteiger partial charge in [-0.1, -0.05) is 42.5 Å². The van der Waals surface area contributed by atoms with Crippen LogP contribution in [0.5, 0.6) is 0 Å². The first-order valence-electron chi connectivity index (χ1n) is 11.5. The number of imide groups is 1. The second-order valence-corrected chi connectivity index (χ2v) is 8.61. The normalized spacial score (nSPS) is 13.6. The lowest BCUT2D eigenvalue weighted by Gasteiger charge is -2.19. The number of rotatable bonds is 7. The first kappa shape index (κ1) is 23.2. The van der Waals surface area contributed by atoms with E-state index in [1.807, 2.05) is 30.3 Å². The number of aryl methyl sites for hydroxylation is 1. The van der Waals surface area contributed by atoms with Gasteiger partial charge in [0.1, 0.15) is 17.7 Å². The summed E-state index contributed by atoms with van der Waals surface area (Å²) in [7, 11) is 1.80. The number of imidazole rings is 1. The van der Waals surface area contributed by atoms with Crippen molar-refractivity contribution in [3.63, 3.8) is 0 Å². The lowest BCUT2D eigenvalue weighted by molar-refractivity contribution is 0.0656. The molecular formula is C28H23FN4O3. The molecule has 8 heteroatoms. The highest BCUT2D eigenvalue weighted by Gasteiger charge is 2.36. The van der Waals surface area contributed by atoms with Gasteiger partial charge < -0.3 is 9.88 Å². The van der Waals surface area contributed by atoms with Crippen molar-refractivity contribution in [1.29, 1.82) is 0 Å². The van der Waals surface area contributed by atoms with E-state index < -0.39 is 17.9 Å². The SMILES string of the molecule is Cn1ccnc1C(NC(=O)c1ccc2c(c1)C(=O)N(CCc1ccccc1)C2=O)c1ccc(F)cc1. The minimum atomic E-state index is -0.647. The number of hydrogen-bond acceptors (Lipinski definition) is 4. The van der Waals surface area contributed by atoms with Crippen LogP contribution in [0.1, 0.15) is 54.1 Å². The van der Waals surface area contributed by atoms with Crippen LogP contribution in [0.25, 0.3) is 0 Å². The third-order valence-electron chi connectivity index (χ3n) is 6.30. The van der Waals surface area contributed by atoms with Crippen molar-refractivity contribution in [2.24, 2.45) is 7.05 Å². The summed E-state index contributed by atoms with van der Waals surface area (Å²) in [4.78, 5) is 44.7. The van der Waals surface area contributed by atoms with E-state index in [0.29, 0.717) is 17.8 Å². The Morgan fingerprint density at radius 3 is 2.39 bits per heavy atom. The molecule has 1 aliphatic heterocycles. The molecule has 7 nitrogen and oxygen atoms in total. The lowest BCUT2D eigenvalue weighted by atomic mass is 10.0. The van der Waals surface area contributed by atoms with Gasteiger partial charge in [0.2, 0.25) is 0 Å². The van der Waals surface area contributed by atoms with Crippen LogP contribution in [0.4, 0.5) is 4.39 Å². The van der Waals surface area contributed by atoms with Gasteiger partial charge in [-0.2, -0.15) is 0 Å². The summed E-state index contributed by atoms with van der Waals surface area (Å²) in [6.07, 6.45) is 3.91. The van der Waals surface area contributed by atoms with Gasteiger partial charge in [-0.3, -0.25) is 19.3 Å². The van der Waals surface area contributed by atoms with Crippen LogP contribution < -0.4 is 5.32 Å². The number of halogens is 1. The van der Waals surface area contributed by atoms with E-state index in [2.05, 4.69) is 10.3 Å². The van der Waals surface area contributed by atoms with Crippen LogP contribution in [0, 0.1) is 5.82 Å². The molecule has 1 atom stereocenters. The van der Waals surface area contributed by atoms with Crippen molar-refractivity contribution >= 4 is 17.7 Å². The number of hydrogen-bond donors (Lipinski definition) is 1. The maximum atomic E-state index is 13.5. The van der Waals surface area contributed by atoms with Gasteiger partial charge in [-0.05, 0) is 47.9 Å². The fraction of sp³-hybridized carbons (Fsp3) is 0.143. The Labute approximate surface area is 207 Å². The number of nitrogens with one attached hydrogen (secondary N) is 1. The zero-order valence-electron chi connectivity index (χ0n) is 19.5. The molecule has 2 heterocycles. The Balaban J connectivity index is 1.37. The van der Waals surface area contributed by atoms with Gasteiger partial charge >= 0.3 is 0 Å². The molecule has 3 amide bonds. The van der Waals surface area contributed by atoms with Crippen molar-refractivity contribution in [1.82, 2.24) is 19.8 Å². The van der Waals surface area contributed by atoms with Crippen LogP contribution in [0.2, 0.25) is 0 Å². The maximum absolute atomic E-state index is 13.5. The molecule has 1 aliphatic rings. The molecule has 1 unspecified atom stereocenters. The number of benzene rings is 3. The standard InChI is InChI=1S/C28H23FN4O3/c1-32-16-14-30-25(32)24(19-7-10-21(29)11-8-19)31-26(34)20-9-12-22-23(17-20)28(36)33(27(22)35)15-13-18-5-3-2-4-6-18/h2-12,14,16-17,24H,13,15H2,1H3,(H,31,34). The summed E-state index contributed by atoms with van der Waals surface area (Å²) in [6.45, 7) is 0.254. The summed E-state index contributed by atoms with van der Waals surface area (Å²) in [5, 5.41) is 2.93. The fourth-order valence-corrected chi connectivity index (χ4v) is 4.34. The summed E-state index contributed by atoms with van der Waals surface area (Å²) in [6, 6.07) is 19.3.